The third-order valence-corrected chi connectivity index (χ3v) is 5.11. The van der Waals surface area contributed by atoms with Gasteiger partial charge in [0.2, 0.25) is 5.95 Å². The van der Waals surface area contributed by atoms with Gasteiger partial charge in [-0.15, -0.1) is 5.10 Å². The molecule has 0 bridgehead atoms. The average Bonchev–Trinajstić information content (AvgIpc) is 3.20. The Labute approximate surface area is 133 Å². The minimum atomic E-state index is 0.473. The van der Waals surface area contributed by atoms with Gasteiger partial charge < -0.3 is 10.2 Å². The van der Waals surface area contributed by atoms with Crippen LogP contribution in [0, 0.1) is 5.92 Å². The van der Waals surface area contributed by atoms with Gasteiger partial charge in [0.15, 0.2) is 0 Å². The number of hydrogen-bond acceptors (Lipinski definition) is 5. The number of aromatic nitrogens is 3. The van der Waals surface area contributed by atoms with Crippen molar-refractivity contribution in [2.45, 2.75) is 64.8 Å². The van der Waals surface area contributed by atoms with Crippen molar-refractivity contribution in [3.8, 4) is 0 Å². The molecule has 122 valence electrons. The van der Waals surface area contributed by atoms with Crippen molar-refractivity contribution < 1.29 is 0 Å². The van der Waals surface area contributed by atoms with Crippen LogP contribution >= 0.6 is 0 Å². The first-order valence-electron chi connectivity index (χ1n) is 8.99. The second kappa shape index (κ2) is 7.36. The zero-order valence-electron chi connectivity index (χ0n) is 14.0. The van der Waals surface area contributed by atoms with E-state index in [4.69, 9.17) is 0 Å². The SMILES string of the molecule is CCc1nnc(NC2CCN(CC3CCCC3)C2)nc1CC. The molecule has 5 nitrogen and oxygen atoms in total. The molecule has 0 aromatic carbocycles. The second-order valence-electron chi connectivity index (χ2n) is 6.78. The van der Waals surface area contributed by atoms with Crippen molar-refractivity contribution in [1.29, 1.82) is 0 Å². The quantitative estimate of drug-likeness (QED) is 0.875. The summed E-state index contributed by atoms with van der Waals surface area (Å²) in [7, 11) is 0. The highest BCUT2D eigenvalue weighted by atomic mass is 15.3. The Balaban J connectivity index is 1.53. The smallest absolute Gasteiger partial charge is 0.243 e. The van der Waals surface area contributed by atoms with Gasteiger partial charge in [-0.2, -0.15) is 5.10 Å². The summed E-state index contributed by atoms with van der Waals surface area (Å²) in [5.74, 6) is 1.65. The maximum absolute atomic E-state index is 4.65. The topological polar surface area (TPSA) is 53.9 Å². The summed E-state index contributed by atoms with van der Waals surface area (Å²) < 4.78 is 0. The molecule has 2 aliphatic rings. The van der Waals surface area contributed by atoms with Crippen LogP contribution < -0.4 is 5.32 Å². The molecule has 5 heteroatoms. The van der Waals surface area contributed by atoms with Gasteiger partial charge in [-0.1, -0.05) is 26.7 Å². The number of likely N-dealkylation sites (tertiary alicyclic amines) is 1. The molecule has 1 atom stereocenters. The molecule has 0 amide bonds. The van der Waals surface area contributed by atoms with Crippen LogP contribution in [-0.2, 0) is 12.8 Å². The van der Waals surface area contributed by atoms with E-state index >= 15 is 0 Å². The fourth-order valence-corrected chi connectivity index (χ4v) is 3.86. The molecule has 1 aliphatic heterocycles. The molecule has 0 spiro atoms. The minimum Gasteiger partial charge on any atom is -0.349 e. The molecule has 1 saturated heterocycles. The molecule has 22 heavy (non-hydrogen) atoms. The summed E-state index contributed by atoms with van der Waals surface area (Å²) in [5, 5.41) is 12.1. The average molecular weight is 303 g/mol. The summed E-state index contributed by atoms with van der Waals surface area (Å²) in [4.78, 5) is 7.26. The number of aryl methyl sites for hydroxylation is 2. The predicted octanol–water partition coefficient (Wildman–Crippen LogP) is 2.67. The van der Waals surface area contributed by atoms with E-state index in [1.807, 2.05) is 0 Å². The summed E-state index contributed by atoms with van der Waals surface area (Å²) in [6.07, 6.45) is 8.74. The van der Waals surface area contributed by atoms with Gasteiger partial charge in [0.25, 0.3) is 0 Å². The van der Waals surface area contributed by atoms with Crippen LogP contribution in [0.15, 0.2) is 0 Å². The first-order chi connectivity index (χ1) is 10.8. The molecule has 1 N–H and O–H groups in total. The van der Waals surface area contributed by atoms with Crippen molar-refractivity contribution in [3.05, 3.63) is 11.4 Å². The van der Waals surface area contributed by atoms with E-state index in [2.05, 4.69) is 39.2 Å². The van der Waals surface area contributed by atoms with Gasteiger partial charge in [0.05, 0.1) is 11.4 Å². The Morgan fingerprint density at radius 1 is 1.05 bits per heavy atom. The van der Waals surface area contributed by atoms with Crippen LogP contribution in [0.25, 0.3) is 0 Å². The lowest BCUT2D eigenvalue weighted by Gasteiger charge is -2.20. The Morgan fingerprint density at radius 2 is 1.82 bits per heavy atom. The minimum absolute atomic E-state index is 0.473. The maximum atomic E-state index is 4.65. The fraction of sp³-hybridized carbons (Fsp3) is 0.824. The zero-order chi connectivity index (χ0) is 15.4. The third kappa shape index (κ3) is 3.75. The molecule has 1 aromatic rings. The van der Waals surface area contributed by atoms with E-state index in [1.165, 1.54) is 45.2 Å². The Kier molecular flexibility index (Phi) is 5.24. The van der Waals surface area contributed by atoms with E-state index in [-0.39, 0.29) is 0 Å². The van der Waals surface area contributed by atoms with Crippen molar-refractivity contribution >= 4 is 5.95 Å². The van der Waals surface area contributed by atoms with Crippen molar-refractivity contribution in [2.24, 2.45) is 5.92 Å². The largest absolute Gasteiger partial charge is 0.349 e. The Morgan fingerprint density at radius 3 is 2.55 bits per heavy atom. The highest BCUT2D eigenvalue weighted by Crippen LogP contribution is 2.27. The Hall–Kier alpha value is -1.23. The van der Waals surface area contributed by atoms with Gasteiger partial charge in [0.1, 0.15) is 0 Å². The molecular weight excluding hydrogens is 274 g/mol. The molecule has 2 heterocycles. The molecule has 2 fully saturated rings. The van der Waals surface area contributed by atoms with Gasteiger partial charge >= 0.3 is 0 Å². The van der Waals surface area contributed by atoms with Crippen LogP contribution in [0.5, 0.6) is 0 Å². The van der Waals surface area contributed by atoms with Crippen molar-refractivity contribution in [1.82, 2.24) is 20.1 Å². The van der Waals surface area contributed by atoms with E-state index < -0.39 is 0 Å². The van der Waals surface area contributed by atoms with Crippen LogP contribution in [0.4, 0.5) is 5.95 Å². The predicted molar refractivity (Wildman–Crippen MR) is 89.0 cm³/mol. The number of hydrogen-bond donors (Lipinski definition) is 1. The normalized spacial score (nSPS) is 23.3. The molecule has 1 aliphatic carbocycles. The first-order valence-corrected chi connectivity index (χ1v) is 8.99. The summed E-state index contributed by atoms with van der Waals surface area (Å²) in [5.41, 5.74) is 2.11. The highest BCUT2D eigenvalue weighted by Gasteiger charge is 2.26. The monoisotopic (exact) mass is 303 g/mol. The lowest BCUT2D eigenvalue weighted by molar-refractivity contribution is 0.278. The van der Waals surface area contributed by atoms with Gasteiger partial charge in [0, 0.05) is 25.7 Å². The summed E-state index contributed by atoms with van der Waals surface area (Å²) in [6, 6.07) is 0.473. The van der Waals surface area contributed by atoms with E-state index in [9.17, 15) is 0 Å². The van der Waals surface area contributed by atoms with E-state index in [1.54, 1.807) is 0 Å². The third-order valence-electron chi connectivity index (χ3n) is 5.11. The molecule has 0 radical (unpaired) electrons. The number of nitrogens with zero attached hydrogens (tertiary/aromatic N) is 4. The molecule has 1 aromatic heterocycles. The number of anilines is 1. The van der Waals surface area contributed by atoms with Crippen LogP contribution in [-0.4, -0.2) is 45.8 Å². The lowest BCUT2D eigenvalue weighted by Crippen LogP contribution is -2.30. The summed E-state index contributed by atoms with van der Waals surface area (Å²) in [6.45, 7) is 7.85. The second-order valence-corrected chi connectivity index (χ2v) is 6.78. The van der Waals surface area contributed by atoms with Gasteiger partial charge in [-0.3, -0.25) is 0 Å². The number of rotatable bonds is 6. The maximum Gasteiger partial charge on any atom is 0.243 e. The van der Waals surface area contributed by atoms with Gasteiger partial charge in [-0.05, 0) is 38.0 Å². The van der Waals surface area contributed by atoms with Crippen molar-refractivity contribution in [3.63, 3.8) is 0 Å². The van der Waals surface area contributed by atoms with Crippen molar-refractivity contribution in [2.75, 3.05) is 25.0 Å². The van der Waals surface area contributed by atoms with Crippen LogP contribution in [0.2, 0.25) is 0 Å². The first kappa shape index (κ1) is 15.7. The molecule has 1 saturated carbocycles. The molecule has 3 rings (SSSR count). The molecule has 1 unspecified atom stereocenters. The zero-order valence-corrected chi connectivity index (χ0v) is 14.0. The van der Waals surface area contributed by atoms with Gasteiger partial charge in [-0.25, -0.2) is 4.98 Å². The molecular formula is C17H29N5. The standard InChI is InChI=1S/C17H29N5/c1-3-15-16(4-2)20-21-17(19-15)18-14-9-10-22(12-14)11-13-7-5-6-8-13/h13-14H,3-12H2,1-2H3,(H,18,19,21). The highest BCUT2D eigenvalue weighted by molar-refractivity contribution is 5.28. The van der Waals surface area contributed by atoms with Crippen LogP contribution in [0.3, 0.4) is 0 Å². The fourth-order valence-electron chi connectivity index (χ4n) is 3.86. The lowest BCUT2D eigenvalue weighted by atomic mass is 10.1. The summed E-state index contributed by atoms with van der Waals surface area (Å²) >= 11 is 0. The van der Waals surface area contributed by atoms with E-state index in [0.717, 1.165) is 36.7 Å². The van der Waals surface area contributed by atoms with Crippen LogP contribution in [0.1, 0.15) is 57.3 Å². The Bertz CT molecular complexity index is 484. The van der Waals surface area contributed by atoms with E-state index in [0.29, 0.717) is 12.0 Å². The number of nitrogens with one attached hydrogen (secondary N) is 1.